The van der Waals surface area contributed by atoms with Crippen molar-refractivity contribution in [3.8, 4) is 0 Å². The molecule has 0 saturated carbocycles. The van der Waals surface area contributed by atoms with Crippen LogP contribution in [0.2, 0.25) is 0 Å². The maximum Gasteiger partial charge on any atom is 0.310 e. The van der Waals surface area contributed by atoms with E-state index < -0.39 is 11.4 Å². The third-order valence-electron chi connectivity index (χ3n) is 5.01. The minimum atomic E-state index is -1.05. The number of nitrogens with one attached hydrogen (secondary N) is 1. The van der Waals surface area contributed by atoms with E-state index in [4.69, 9.17) is 0 Å². The molecule has 1 aliphatic carbocycles. The third-order valence-corrected chi connectivity index (χ3v) is 5.01. The first-order valence-electron chi connectivity index (χ1n) is 8.07. The molecule has 4 heteroatoms. The Hall–Kier alpha value is -2.62. The fraction of sp³-hybridized carbons (Fsp3) is 0.300. The molecule has 2 aromatic carbocycles. The molecule has 0 radical (unpaired) electrons. The maximum atomic E-state index is 12.5. The minimum Gasteiger partial charge on any atom is -0.481 e. The standard InChI is InChI=1S/C20H21NO3/c1-13-6-5-9-17(14(13)2)21-18(22)12-20(19(23)24)10-15-7-3-4-8-16(15)11-20/h3-9H,10-12H2,1-2H3,(H,21,22)(H,23,24). The molecule has 2 aromatic rings. The Morgan fingerprint density at radius 3 is 2.25 bits per heavy atom. The molecule has 0 spiro atoms. The highest BCUT2D eigenvalue weighted by atomic mass is 16.4. The highest BCUT2D eigenvalue weighted by molar-refractivity contribution is 5.95. The molecule has 2 N–H and O–H groups in total. The van der Waals surface area contributed by atoms with Gasteiger partial charge >= 0.3 is 5.97 Å². The molecule has 0 atom stereocenters. The van der Waals surface area contributed by atoms with Crippen LogP contribution < -0.4 is 5.32 Å². The molecule has 0 heterocycles. The Morgan fingerprint density at radius 2 is 1.67 bits per heavy atom. The number of benzene rings is 2. The van der Waals surface area contributed by atoms with Crippen LogP contribution in [0.5, 0.6) is 0 Å². The molecule has 1 aliphatic rings. The van der Waals surface area contributed by atoms with Gasteiger partial charge in [-0.05, 0) is 55.0 Å². The van der Waals surface area contributed by atoms with Gasteiger partial charge in [-0.2, -0.15) is 0 Å². The highest BCUT2D eigenvalue weighted by Gasteiger charge is 2.45. The van der Waals surface area contributed by atoms with Gasteiger partial charge in [-0.1, -0.05) is 36.4 Å². The largest absolute Gasteiger partial charge is 0.481 e. The molecular formula is C20H21NO3. The summed E-state index contributed by atoms with van der Waals surface area (Å²) >= 11 is 0. The topological polar surface area (TPSA) is 66.4 Å². The summed E-state index contributed by atoms with van der Waals surface area (Å²) in [6.45, 7) is 3.93. The van der Waals surface area contributed by atoms with Gasteiger partial charge in [0.1, 0.15) is 0 Å². The van der Waals surface area contributed by atoms with Gasteiger partial charge in [-0.3, -0.25) is 9.59 Å². The monoisotopic (exact) mass is 323 g/mol. The molecule has 0 fully saturated rings. The predicted octanol–water partition coefficient (Wildman–Crippen LogP) is 3.50. The van der Waals surface area contributed by atoms with Crippen molar-refractivity contribution in [3.63, 3.8) is 0 Å². The summed E-state index contributed by atoms with van der Waals surface area (Å²) < 4.78 is 0. The first-order valence-corrected chi connectivity index (χ1v) is 8.07. The molecule has 24 heavy (non-hydrogen) atoms. The summed E-state index contributed by atoms with van der Waals surface area (Å²) in [5.41, 5.74) is 3.85. The van der Waals surface area contributed by atoms with Crippen LogP contribution in [0.25, 0.3) is 0 Å². The van der Waals surface area contributed by atoms with E-state index in [1.807, 2.05) is 56.3 Å². The van der Waals surface area contributed by atoms with Crippen LogP contribution in [0.15, 0.2) is 42.5 Å². The van der Waals surface area contributed by atoms with Crippen LogP contribution in [0, 0.1) is 19.3 Å². The van der Waals surface area contributed by atoms with E-state index in [-0.39, 0.29) is 12.3 Å². The van der Waals surface area contributed by atoms with E-state index in [2.05, 4.69) is 5.32 Å². The molecule has 0 unspecified atom stereocenters. The van der Waals surface area contributed by atoms with E-state index >= 15 is 0 Å². The maximum absolute atomic E-state index is 12.5. The fourth-order valence-corrected chi connectivity index (χ4v) is 3.43. The Bertz CT molecular complexity index is 785. The van der Waals surface area contributed by atoms with Gasteiger partial charge in [0, 0.05) is 12.1 Å². The van der Waals surface area contributed by atoms with Gasteiger partial charge in [-0.25, -0.2) is 0 Å². The van der Waals surface area contributed by atoms with Gasteiger partial charge in [0.2, 0.25) is 5.91 Å². The second-order valence-electron chi connectivity index (χ2n) is 6.68. The van der Waals surface area contributed by atoms with Crippen LogP contribution in [0.1, 0.15) is 28.7 Å². The predicted molar refractivity (Wildman–Crippen MR) is 93.1 cm³/mol. The van der Waals surface area contributed by atoms with E-state index in [9.17, 15) is 14.7 Å². The van der Waals surface area contributed by atoms with Gasteiger partial charge in [0.25, 0.3) is 0 Å². The van der Waals surface area contributed by atoms with Crippen molar-refractivity contribution in [3.05, 3.63) is 64.7 Å². The molecule has 3 rings (SSSR count). The molecule has 1 amide bonds. The Morgan fingerprint density at radius 1 is 1.04 bits per heavy atom. The zero-order valence-electron chi connectivity index (χ0n) is 13.9. The molecule has 124 valence electrons. The number of carbonyl (C=O) groups excluding carboxylic acids is 1. The second-order valence-corrected chi connectivity index (χ2v) is 6.68. The SMILES string of the molecule is Cc1cccc(NC(=O)CC2(C(=O)O)Cc3ccccc3C2)c1C. The first-order chi connectivity index (χ1) is 11.4. The summed E-state index contributed by atoms with van der Waals surface area (Å²) in [4.78, 5) is 24.4. The van der Waals surface area contributed by atoms with Crippen molar-refractivity contribution in [2.45, 2.75) is 33.1 Å². The lowest BCUT2D eigenvalue weighted by Crippen LogP contribution is -2.36. The molecule has 0 aromatic heterocycles. The normalized spacial score (nSPS) is 14.9. The van der Waals surface area contributed by atoms with Crippen LogP contribution in [-0.4, -0.2) is 17.0 Å². The molecule has 0 bridgehead atoms. The van der Waals surface area contributed by atoms with Crippen LogP contribution in [0.3, 0.4) is 0 Å². The van der Waals surface area contributed by atoms with Gasteiger partial charge in [-0.15, -0.1) is 0 Å². The number of aryl methyl sites for hydroxylation is 1. The minimum absolute atomic E-state index is 0.0234. The quantitative estimate of drug-likeness (QED) is 0.905. The number of fused-ring (bicyclic) bond motifs is 1. The molecule has 0 aliphatic heterocycles. The number of amides is 1. The van der Waals surface area contributed by atoms with E-state index in [1.54, 1.807) is 0 Å². The summed E-state index contributed by atoms with van der Waals surface area (Å²) in [6, 6.07) is 13.4. The smallest absolute Gasteiger partial charge is 0.310 e. The highest BCUT2D eigenvalue weighted by Crippen LogP contribution is 2.40. The summed E-state index contributed by atoms with van der Waals surface area (Å²) in [5, 5.41) is 12.7. The molecule has 4 nitrogen and oxygen atoms in total. The summed E-state index contributed by atoms with van der Waals surface area (Å²) in [5.74, 6) is -1.16. The average molecular weight is 323 g/mol. The van der Waals surface area contributed by atoms with Crippen molar-refractivity contribution in [1.82, 2.24) is 0 Å². The van der Waals surface area contributed by atoms with E-state index in [1.165, 1.54) is 0 Å². The number of carbonyl (C=O) groups is 2. The lowest BCUT2D eigenvalue weighted by molar-refractivity contribution is -0.150. The van der Waals surface area contributed by atoms with Crippen LogP contribution >= 0.6 is 0 Å². The van der Waals surface area contributed by atoms with Gasteiger partial charge in [0.15, 0.2) is 0 Å². The Balaban J connectivity index is 1.79. The van der Waals surface area contributed by atoms with Crippen LogP contribution in [-0.2, 0) is 22.4 Å². The second kappa shape index (κ2) is 6.11. The van der Waals surface area contributed by atoms with Crippen LogP contribution in [0.4, 0.5) is 5.69 Å². The number of aliphatic carboxylic acids is 1. The average Bonchev–Trinajstić information content (AvgIpc) is 2.91. The van der Waals surface area contributed by atoms with Crippen molar-refractivity contribution in [2.75, 3.05) is 5.32 Å². The van der Waals surface area contributed by atoms with Gasteiger partial charge in [0.05, 0.1) is 5.41 Å². The number of rotatable bonds is 4. The van der Waals surface area contributed by atoms with Gasteiger partial charge < -0.3 is 10.4 Å². The number of hydrogen-bond acceptors (Lipinski definition) is 2. The van der Waals surface area contributed by atoms with Crippen molar-refractivity contribution in [2.24, 2.45) is 5.41 Å². The molecular weight excluding hydrogens is 302 g/mol. The summed E-state index contributed by atoms with van der Waals surface area (Å²) in [7, 11) is 0. The first kappa shape index (κ1) is 16.2. The number of anilines is 1. The fourth-order valence-electron chi connectivity index (χ4n) is 3.43. The number of carboxylic acid groups (broad SMARTS) is 1. The zero-order chi connectivity index (χ0) is 17.3. The van der Waals surface area contributed by atoms with E-state index in [0.717, 1.165) is 27.9 Å². The Labute approximate surface area is 141 Å². The number of hydrogen-bond donors (Lipinski definition) is 2. The van der Waals surface area contributed by atoms with E-state index in [0.29, 0.717) is 12.8 Å². The Kier molecular flexibility index (Phi) is 4.14. The number of carboxylic acids is 1. The lowest BCUT2D eigenvalue weighted by atomic mass is 9.81. The summed E-state index contributed by atoms with van der Waals surface area (Å²) in [6.07, 6.45) is 0.780. The lowest BCUT2D eigenvalue weighted by Gasteiger charge is -2.23. The van der Waals surface area contributed by atoms with Crippen molar-refractivity contribution >= 4 is 17.6 Å². The molecule has 0 saturated heterocycles. The van der Waals surface area contributed by atoms with Crippen molar-refractivity contribution < 1.29 is 14.7 Å². The van der Waals surface area contributed by atoms with Crippen molar-refractivity contribution in [1.29, 1.82) is 0 Å². The third kappa shape index (κ3) is 2.92. The zero-order valence-corrected chi connectivity index (χ0v) is 13.9.